The second kappa shape index (κ2) is 6.72. The van der Waals surface area contributed by atoms with E-state index >= 15 is 0 Å². The van der Waals surface area contributed by atoms with E-state index in [9.17, 15) is 8.42 Å². The maximum atomic E-state index is 11.8. The van der Waals surface area contributed by atoms with Crippen molar-refractivity contribution in [1.82, 2.24) is 9.62 Å². The molecule has 0 unspecified atom stereocenters. The Hall–Kier alpha value is -1.11. The first-order chi connectivity index (χ1) is 8.44. The van der Waals surface area contributed by atoms with Crippen LogP contribution in [-0.4, -0.2) is 40.0 Å². The van der Waals surface area contributed by atoms with Crippen LogP contribution in [-0.2, 0) is 15.8 Å². The van der Waals surface area contributed by atoms with Crippen molar-refractivity contribution in [2.75, 3.05) is 32.4 Å². The molecule has 18 heavy (non-hydrogen) atoms. The third-order valence-corrected chi connectivity index (χ3v) is 4.09. The smallest absolute Gasteiger partial charge is 0.215 e. The van der Waals surface area contributed by atoms with Crippen LogP contribution in [0.4, 0.5) is 5.69 Å². The summed E-state index contributed by atoms with van der Waals surface area (Å²) in [4.78, 5) is 2.04. The van der Waals surface area contributed by atoms with Gasteiger partial charge in [-0.05, 0) is 25.2 Å². The van der Waals surface area contributed by atoms with Gasteiger partial charge in [0, 0.05) is 18.8 Å². The average molecular weight is 271 g/mol. The second-order valence-electron chi connectivity index (χ2n) is 4.25. The van der Waals surface area contributed by atoms with Crippen molar-refractivity contribution in [3.05, 3.63) is 29.8 Å². The zero-order chi connectivity index (χ0) is 13.6. The van der Waals surface area contributed by atoms with Gasteiger partial charge in [-0.1, -0.05) is 25.1 Å². The minimum atomic E-state index is -3.32. The van der Waals surface area contributed by atoms with Gasteiger partial charge in [-0.15, -0.1) is 0 Å². The van der Waals surface area contributed by atoms with Crippen LogP contribution in [0.25, 0.3) is 0 Å². The van der Waals surface area contributed by atoms with Crippen LogP contribution < -0.4 is 10.5 Å². The first-order valence-electron chi connectivity index (χ1n) is 5.94. The summed E-state index contributed by atoms with van der Waals surface area (Å²) in [7, 11) is -1.37. The summed E-state index contributed by atoms with van der Waals surface area (Å²) in [6.45, 7) is 4.03. The highest BCUT2D eigenvalue weighted by Crippen LogP contribution is 2.13. The molecular formula is C12H21N3O2S. The molecule has 0 aliphatic carbocycles. The lowest BCUT2D eigenvalue weighted by Gasteiger charge is -2.14. The van der Waals surface area contributed by atoms with Crippen LogP contribution in [0, 0.1) is 0 Å². The van der Waals surface area contributed by atoms with Crippen molar-refractivity contribution in [2.45, 2.75) is 12.7 Å². The molecule has 0 radical (unpaired) electrons. The summed E-state index contributed by atoms with van der Waals surface area (Å²) in [5.74, 6) is -0.0739. The minimum Gasteiger partial charge on any atom is -0.398 e. The number of nitrogens with two attached hydrogens (primary N) is 1. The van der Waals surface area contributed by atoms with Crippen molar-refractivity contribution in [1.29, 1.82) is 0 Å². The Morgan fingerprint density at radius 3 is 2.61 bits per heavy atom. The maximum absolute atomic E-state index is 11.8. The number of rotatable bonds is 7. The monoisotopic (exact) mass is 271 g/mol. The van der Waals surface area contributed by atoms with Gasteiger partial charge in [-0.3, -0.25) is 0 Å². The Labute approximate surface area is 109 Å². The van der Waals surface area contributed by atoms with E-state index in [2.05, 4.69) is 4.72 Å². The molecule has 102 valence electrons. The molecule has 0 saturated carbocycles. The molecule has 3 N–H and O–H groups in total. The van der Waals surface area contributed by atoms with Gasteiger partial charge in [0.25, 0.3) is 0 Å². The summed E-state index contributed by atoms with van der Waals surface area (Å²) in [6.07, 6.45) is 0. The lowest BCUT2D eigenvalue weighted by Crippen LogP contribution is -2.33. The number of nitrogens with zero attached hydrogens (tertiary/aromatic N) is 1. The molecule has 0 aromatic heterocycles. The van der Waals surface area contributed by atoms with Crippen LogP contribution in [0.3, 0.4) is 0 Å². The lowest BCUT2D eigenvalue weighted by atomic mass is 10.2. The molecule has 0 spiro atoms. The Balaban J connectivity index is 2.53. The minimum absolute atomic E-state index is 0.0739. The van der Waals surface area contributed by atoms with Gasteiger partial charge in [0.2, 0.25) is 10.0 Å². The van der Waals surface area contributed by atoms with E-state index < -0.39 is 10.0 Å². The van der Waals surface area contributed by atoms with Crippen LogP contribution in [0.2, 0.25) is 0 Å². The van der Waals surface area contributed by atoms with E-state index in [-0.39, 0.29) is 5.75 Å². The Morgan fingerprint density at radius 2 is 2.00 bits per heavy atom. The van der Waals surface area contributed by atoms with E-state index in [0.717, 1.165) is 6.54 Å². The van der Waals surface area contributed by atoms with E-state index in [1.807, 2.05) is 18.9 Å². The fraction of sp³-hybridized carbons (Fsp3) is 0.500. The third kappa shape index (κ3) is 5.03. The summed E-state index contributed by atoms with van der Waals surface area (Å²) in [5, 5.41) is 0. The van der Waals surface area contributed by atoms with Gasteiger partial charge >= 0.3 is 0 Å². The van der Waals surface area contributed by atoms with Crippen molar-refractivity contribution < 1.29 is 8.42 Å². The summed E-state index contributed by atoms with van der Waals surface area (Å²) >= 11 is 0. The van der Waals surface area contributed by atoms with E-state index in [0.29, 0.717) is 24.3 Å². The molecule has 0 fully saturated rings. The first-order valence-corrected chi connectivity index (χ1v) is 7.59. The number of nitrogens with one attached hydrogen (secondary N) is 1. The molecule has 0 aliphatic rings. The van der Waals surface area contributed by atoms with Gasteiger partial charge in [-0.25, -0.2) is 13.1 Å². The Bertz CT molecular complexity index is 474. The van der Waals surface area contributed by atoms with Crippen LogP contribution in [0.1, 0.15) is 12.5 Å². The standard InChI is InChI=1S/C12H21N3O2S/c1-3-15(2)9-8-14-18(16,17)10-11-6-4-5-7-12(11)13/h4-7,14H,3,8-10,13H2,1-2H3. The van der Waals surface area contributed by atoms with Crippen molar-refractivity contribution in [2.24, 2.45) is 0 Å². The number of nitrogen functional groups attached to an aromatic ring is 1. The number of anilines is 1. The van der Waals surface area contributed by atoms with Crippen molar-refractivity contribution in [3.63, 3.8) is 0 Å². The number of para-hydroxylation sites is 1. The second-order valence-corrected chi connectivity index (χ2v) is 6.05. The highest BCUT2D eigenvalue weighted by Gasteiger charge is 2.12. The number of hydrogen-bond donors (Lipinski definition) is 2. The molecule has 1 aromatic rings. The quantitative estimate of drug-likeness (QED) is 0.714. The van der Waals surface area contributed by atoms with Gasteiger partial charge in [0.15, 0.2) is 0 Å². The van der Waals surface area contributed by atoms with Crippen molar-refractivity contribution in [3.8, 4) is 0 Å². The van der Waals surface area contributed by atoms with Gasteiger partial charge < -0.3 is 10.6 Å². The van der Waals surface area contributed by atoms with Crippen LogP contribution >= 0.6 is 0 Å². The van der Waals surface area contributed by atoms with E-state index in [4.69, 9.17) is 5.73 Å². The summed E-state index contributed by atoms with van der Waals surface area (Å²) < 4.78 is 26.2. The zero-order valence-corrected chi connectivity index (χ0v) is 11.7. The van der Waals surface area contributed by atoms with Gasteiger partial charge in [-0.2, -0.15) is 0 Å². The molecule has 0 saturated heterocycles. The number of benzene rings is 1. The predicted molar refractivity (Wildman–Crippen MR) is 74.7 cm³/mol. The van der Waals surface area contributed by atoms with Gasteiger partial charge in [0.1, 0.15) is 0 Å². The largest absolute Gasteiger partial charge is 0.398 e. The summed E-state index contributed by atoms with van der Waals surface area (Å²) in [5.41, 5.74) is 6.87. The van der Waals surface area contributed by atoms with E-state index in [1.54, 1.807) is 24.3 Å². The van der Waals surface area contributed by atoms with Crippen LogP contribution in [0.15, 0.2) is 24.3 Å². The van der Waals surface area contributed by atoms with Crippen molar-refractivity contribution >= 4 is 15.7 Å². The average Bonchev–Trinajstić information content (AvgIpc) is 2.31. The molecule has 0 heterocycles. The highest BCUT2D eigenvalue weighted by molar-refractivity contribution is 7.88. The summed E-state index contributed by atoms with van der Waals surface area (Å²) in [6, 6.07) is 7.00. The number of sulfonamides is 1. The lowest BCUT2D eigenvalue weighted by molar-refractivity contribution is 0.358. The highest BCUT2D eigenvalue weighted by atomic mass is 32.2. The normalized spacial score (nSPS) is 11.9. The molecule has 0 atom stereocenters. The SMILES string of the molecule is CCN(C)CCNS(=O)(=O)Cc1ccccc1N. The molecule has 0 bridgehead atoms. The van der Waals surface area contributed by atoms with E-state index in [1.165, 1.54) is 0 Å². The molecular weight excluding hydrogens is 250 g/mol. The topological polar surface area (TPSA) is 75.4 Å². The maximum Gasteiger partial charge on any atom is 0.215 e. The fourth-order valence-electron chi connectivity index (χ4n) is 1.47. The first kappa shape index (κ1) is 14.9. The van der Waals surface area contributed by atoms with Gasteiger partial charge in [0.05, 0.1) is 5.75 Å². The van der Waals surface area contributed by atoms with Crippen LogP contribution in [0.5, 0.6) is 0 Å². The number of hydrogen-bond acceptors (Lipinski definition) is 4. The predicted octanol–water partition coefficient (Wildman–Crippen LogP) is 0.640. The fourth-order valence-corrected chi connectivity index (χ4v) is 2.65. The molecule has 0 aliphatic heterocycles. The molecule has 1 aromatic carbocycles. The Morgan fingerprint density at radius 1 is 1.33 bits per heavy atom. The zero-order valence-electron chi connectivity index (χ0n) is 10.9. The number of likely N-dealkylation sites (N-methyl/N-ethyl adjacent to an activating group) is 1. The molecule has 6 heteroatoms. The molecule has 1 rings (SSSR count). The third-order valence-electron chi connectivity index (χ3n) is 2.76. The molecule has 5 nitrogen and oxygen atoms in total. The Kier molecular flexibility index (Phi) is 5.58. The molecule has 0 amide bonds.